The van der Waals surface area contributed by atoms with Gasteiger partial charge in [0.2, 0.25) is 11.8 Å². The fourth-order valence-electron chi connectivity index (χ4n) is 4.57. The van der Waals surface area contributed by atoms with E-state index >= 15 is 0 Å². The Morgan fingerprint density at radius 1 is 1.03 bits per heavy atom. The number of nitrogens with zero attached hydrogens (tertiary/aromatic N) is 2. The first-order valence-electron chi connectivity index (χ1n) is 12.5. The normalized spacial score (nSPS) is 14.1. The standard InChI is InChI=1S/C29H32ClN3O3/c1-4-19(2)31-28(35)20(3)33(18-21-13-15-23(30)16-14-21)26(34)12-7-17-32-25-11-6-9-22-8-5-10-24(27(22)25)29(32)36/h5-6,8-11,13-16,19-20H,4,7,12,17-18H2,1-3H3,(H,31,35)/t19-,20+/m1/s1. The van der Waals surface area contributed by atoms with Crippen LogP contribution in [0.25, 0.3) is 10.8 Å². The molecule has 3 aromatic rings. The SMILES string of the molecule is CC[C@@H](C)NC(=O)[C@H](C)N(Cc1ccc(Cl)cc1)C(=O)CCCN1C(=O)c2cccc3cccc1c23. The number of carbonyl (C=O) groups excluding carboxylic acids is 3. The van der Waals surface area contributed by atoms with Gasteiger partial charge in [0, 0.05) is 41.5 Å². The number of anilines is 1. The molecule has 0 saturated carbocycles. The molecule has 3 amide bonds. The van der Waals surface area contributed by atoms with Crippen LogP contribution in [0.15, 0.2) is 60.7 Å². The largest absolute Gasteiger partial charge is 0.352 e. The van der Waals surface area contributed by atoms with Crippen molar-refractivity contribution < 1.29 is 14.4 Å². The molecule has 188 valence electrons. The molecule has 0 bridgehead atoms. The Kier molecular flexibility index (Phi) is 7.94. The van der Waals surface area contributed by atoms with Crippen molar-refractivity contribution >= 4 is 45.8 Å². The average molecular weight is 506 g/mol. The lowest BCUT2D eigenvalue weighted by molar-refractivity contribution is -0.140. The van der Waals surface area contributed by atoms with Crippen molar-refractivity contribution in [2.75, 3.05) is 11.4 Å². The van der Waals surface area contributed by atoms with Gasteiger partial charge in [0.15, 0.2) is 0 Å². The van der Waals surface area contributed by atoms with Gasteiger partial charge in [-0.2, -0.15) is 0 Å². The van der Waals surface area contributed by atoms with Crippen LogP contribution in [0.4, 0.5) is 5.69 Å². The van der Waals surface area contributed by atoms with E-state index in [2.05, 4.69) is 5.32 Å². The van der Waals surface area contributed by atoms with E-state index in [0.717, 1.165) is 28.4 Å². The highest BCUT2D eigenvalue weighted by atomic mass is 35.5. The number of rotatable bonds is 10. The zero-order valence-electron chi connectivity index (χ0n) is 21.0. The average Bonchev–Trinajstić information content (AvgIpc) is 3.15. The number of amides is 3. The number of hydrogen-bond acceptors (Lipinski definition) is 3. The highest BCUT2D eigenvalue weighted by Gasteiger charge is 2.30. The first-order valence-corrected chi connectivity index (χ1v) is 12.9. The van der Waals surface area contributed by atoms with Crippen molar-refractivity contribution in [3.63, 3.8) is 0 Å². The number of halogens is 1. The molecular formula is C29H32ClN3O3. The summed E-state index contributed by atoms with van der Waals surface area (Å²) in [5, 5.41) is 5.60. The van der Waals surface area contributed by atoms with Crippen LogP contribution in [0.2, 0.25) is 5.02 Å². The fraction of sp³-hybridized carbons (Fsp3) is 0.345. The second kappa shape index (κ2) is 11.1. The van der Waals surface area contributed by atoms with E-state index in [-0.39, 0.29) is 30.2 Å². The molecule has 1 aliphatic heterocycles. The summed E-state index contributed by atoms with van der Waals surface area (Å²) in [5.41, 5.74) is 2.49. The zero-order chi connectivity index (χ0) is 25.8. The second-order valence-electron chi connectivity index (χ2n) is 9.38. The molecule has 1 N–H and O–H groups in total. The van der Waals surface area contributed by atoms with Crippen molar-refractivity contribution in [1.82, 2.24) is 10.2 Å². The minimum absolute atomic E-state index is 0.0259. The van der Waals surface area contributed by atoms with Crippen LogP contribution in [0.1, 0.15) is 56.0 Å². The van der Waals surface area contributed by atoms with Crippen molar-refractivity contribution in [3.8, 4) is 0 Å². The van der Waals surface area contributed by atoms with E-state index in [9.17, 15) is 14.4 Å². The van der Waals surface area contributed by atoms with Gasteiger partial charge in [-0.1, -0.05) is 54.9 Å². The van der Waals surface area contributed by atoms with E-state index in [1.165, 1.54) is 0 Å². The molecule has 0 spiro atoms. The molecule has 6 nitrogen and oxygen atoms in total. The summed E-state index contributed by atoms with van der Waals surface area (Å²) < 4.78 is 0. The topological polar surface area (TPSA) is 69.7 Å². The lowest BCUT2D eigenvalue weighted by Crippen LogP contribution is -2.49. The molecule has 1 aliphatic rings. The third-order valence-electron chi connectivity index (χ3n) is 6.86. The summed E-state index contributed by atoms with van der Waals surface area (Å²) in [6.07, 6.45) is 1.53. The van der Waals surface area contributed by atoms with E-state index in [1.54, 1.807) is 28.9 Å². The Bertz CT molecular complexity index is 1270. The van der Waals surface area contributed by atoms with Gasteiger partial charge in [-0.05, 0) is 61.9 Å². The van der Waals surface area contributed by atoms with Crippen LogP contribution >= 0.6 is 11.6 Å². The number of benzene rings is 3. The number of carbonyl (C=O) groups is 3. The second-order valence-corrected chi connectivity index (χ2v) is 9.82. The van der Waals surface area contributed by atoms with Gasteiger partial charge < -0.3 is 15.1 Å². The third kappa shape index (κ3) is 5.39. The van der Waals surface area contributed by atoms with E-state index < -0.39 is 6.04 Å². The molecule has 0 aromatic heterocycles. The number of nitrogens with one attached hydrogen (secondary N) is 1. The van der Waals surface area contributed by atoms with E-state index in [0.29, 0.717) is 30.1 Å². The van der Waals surface area contributed by atoms with Crippen molar-refractivity contribution in [1.29, 1.82) is 0 Å². The van der Waals surface area contributed by atoms with Crippen LogP contribution in [0, 0.1) is 0 Å². The van der Waals surface area contributed by atoms with Crippen LogP contribution in [0.5, 0.6) is 0 Å². The third-order valence-corrected chi connectivity index (χ3v) is 7.11. The summed E-state index contributed by atoms with van der Waals surface area (Å²) in [7, 11) is 0. The molecule has 0 unspecified atom stereocenters. The van der Waals surface area contributed by atoms with Crippen molar-refractivity contribution in [2.24, 2.45) is 0 Å². The molecule has 36 heavy (non-hydrogen) atoms. The summed E-state index contributed by atoms with van der Waals surface area (Å²) in [6, 6.07) is 18.3. The molecule has 1 heterocycles. The van der Waals surface area contributed by atoms with Crippen LogP contribution in [0.3, 0.4) is 0 Å². The van der Waals surface area contributed by atoms with Crippen LogP contribution in [-0.2, 0) is 16.1 Å². The molecule has 0 aliphatic carbocycles. The minimum atomic E-state index is -0.631. The maximum Gasteiger partial charge on any atom is 0.258 e. The Hall–Kier alpha value is -3.38. The zero-order valence-corrected chi connectivity index (χ0v) is 21.7. The summed E-state index contributed by atoms with van der Waals surface area (Å²) in [5.74, 6) is -0.337. The van der Waals surface area contributed by atoms with Gasteiger partial charge in [-0.25, -0.2) is 0 Å². The maximum atomic E-state index is 13.4. The summed E-state index contributed by atoms with van der Waals surface area (Å²) >= 11 is 6.03. The molecular weight excluding hydrogens is 474 g/mol. The van der Waals surface area contributed by atoms with Crippen LogP contribution < -0.4 is 10.2 Å². The van der Waals surface area contributed by atoms with Gasteiger partial charge >= 0.3 is 0 Å². The Morgan fingerprint density at radius 2 is 1.72 bits per heavy atom. The maximum absolute atomic E-state index is 13.4. The lowest BCUT2D eigenvalue weighted by atomic mass is 10.1. The summed E-state index contributed by atoms with van der Waals surface area (Å²) in [6.45, 7) is 6.44. The highest BCUT2D eigenvalue weighted by molar-refractivity contribution is 6.30. The first-order chi connectivity index (χ1) is 17.3. The molecule has 3 aromatic carbocycles. The van der Waals surface area contributed by atoms with Crippen molar-refractivity contribution in [2.45, 2.75) is 58.7 Å². The first kappa shape index (κ1) is 25.7. The molecule has 0 saturated heterocycles. The predicted molar refractivity (Wildman–Crippen MR) is 144 cm³/mol. The Balaban J connectivity index is 1.46. The molecule has 2 atom stereocenters. The van der Waals surface area contributed by atoms with Crippen molar-refractivity contribution in [3.05, 3.63) is 76.8 Å². The lowest BCUT2D eigenvalue weighted by Gasteiger charge is -2.30. The molecule has 0 radical (unpaired) electrons. The van der Waals surface area contributed by atoms with Gasteiger partial charge in [-0.15, -0.1) is 0 Å². The Morgan fingerprint density at radius 3 is 2.42 bits per heavy atom. The minimum Gasteiger partial charge on any atom is -0.352 e. The molecule has 0 fully saturated rings. The molecule has 4 rings (SSSR count). The summed E-state index contributed by atoms with van der Waals surface area (Å²) in [4.78, 5) is 42.7. The quantitative estimate of drug-likeness (QED) is 0.392. The molecule has 7 heteroatoms. The number of hydrogen-bond donors (Lipinski definition) is 1. The van der Waals surface area contributed by atoms with E-state index in [4.69, 9.17) is 11.6 Å². The highest BCUT2D eigenvalue weighted by Crippen LogP contribution is 2.37. The van der Waals surface area contributed by atoms with Gasteiger partial charge in [0.05, 0.1) is 5.69 Å². The van der Waals surface area contributed by atoms with E-state index in [1.807, 2.05) is 62.4 Å². The Labute approximate surface area is 217 Å². The fourth-order valence-corrected chi connectivity index (χ4v) is 4.69. The van der Waals surface area contributed by atoms with Gasteiger partial charge in [0.1, 0.15) is 6.04 Å². The monoisotopic (exact) mass is 505 g/mol. The van der Waals surface area contributed by atoms with Gasteiger partial charge in [-0.3, -0.25) is 14.4 Å². The smallest absolute Gasteiger partial charge is 0.258 e. The van der Waals surface area contributed by atoms with Gasteiger partial charge in [0.25, 0.3) is 5.91 Å². The van der Waals surface area contributed by atoms with Crippen LogP contribution in [-0.4, -0.2) is 41.2 Å². The predicted octanol–water partition coefficient (Wildman–Crippen LogP) is 5.57.